The van der Waals surface area contributed by atoms with E-state index < -0.39 is 4.92 Å². The number of benzene rings is 2. The SMILES string of the molecule is O=CC1NCc2c(Oc3ccc([N+](=O)[O-])cc3Cl)cccc21. The molecular formula is C15H11ClN2O4. The first-order valence-corrected chi connectivity index (χ1v) is 6.90. The van der Waals surface area contributed by atoms with Crippen LogP contribution in [0.15, 0.2) is 36.4 Å². The van der Waals surface area contributed by atoms with E-state index >= 15 is 0 Å². The van der Waals surface area contributed by atoms with E-state index in [1.165, 1.54) is 18.2 Å². The average molecular weight is 319 g/mol. The third kappa shape index (κ3) is 2.54. The maximum absolute atomic E-state index is 11.0. The Balaban J connectivity index is 1.93. The van der Waals surface area contributed by atoms with E-state index in [9.17, 15) is 14.9 Å². The van der Waals surface area contributed by atoms with Gasteiger partial charge in [-0.05, 0) is 17.7 Å². The van der Waals surface area contributed by atoms with Gasteiger partial charge in [-0.15, -0.1) is 0 Å². The van der Waals surface area contributed by atoms with Crippen LogP contribution in [0.2, 0.25) is 5.02 Å². The maximum atomic E-state index is 11.0. The molecule has 0 amide bonds. The lowest BCUT2D eigenvalue weighted by atomic mass is 10.1. The van der Waals surface area contributed by atoms with Gasteiger partial charge < -0.3 is 9.53 Å². The first-order chi connectivity index (χ1) is 10.6. The van der Waals surface area contributed by atoms with Crippen LogP contribution in [0, 0.1) is 10.1 Å². The summed E-state index contributed by atoms with van der Waals surface area (Å²) in [6.45, 7) is 0.513. The fourth-order valence-corrected chi connectivity index (χ4v) is 2.62. The van der Waals surface area contributed by atoms with Gasteiger partial charge in [0.2, 0.25) is 0 Å². The lowest BCUT2D eigenvalue weighted by molar-refractivity contribution is -0.384. The normalized spacial score (nSPS) is 16.1. The minimum absolute atomic E-state index is 0.0988. The fourth-order valence-electron chi connectivity index (χ4n) is 2.41. The zero-order chi connectivity index (χ0) is 15.7. The fraction of sp³-hybridized carbons (Fsp3) is 0.133. The molecule has 0 aromatic heterocycles. The molecule has 6 nitrogen and oxygen atoms in total. The molecule has 0 saturated carbocycles. The predicted molar refractivity (Wildman–Crippen MR) is 80.3 cm³/mol. The van der Waals surface area contributed by atoms with Crippen molar-refractivity contribution in [1.82, 2.24) is 5.32 Å². The molecule has 2 aromatic carbocycles. The summed E-state index contributed by atoms with van der Waals surface area (Å²) >= 11 is 6.03. The average Bonchev–Trinajstić information content (AvgIpc) is 2.93. The van der Waals surface area contributed by atoms with Gasteiger partial charge in [-0.1, -0.05) is 23.7 Å². The van der Waals surface area contributed by atoms with Crippen molar-refractivity contribution >= 4 is 23.6 Å². The number of carbonyl (C=O) groups excluding carboxylic acids is 1. The highest BCUT2D eigenvalue weighted by atomic mass is 35.5. The second kappa shape index (κ2) is 5.75. The van der Waals surface area contributed by atoms with E-state index in [4.69, 9.17) is 16.3 Å². The Morgan fingerprint density at radius 1 is 1.32 bits per heavy atom. The van der Waals surface area contributed by atoms with Gasteiger partial charge in [0.15, 0.2) is 0 Å². The topological polar surface area (TPSA) is 81.5 Å². The Morgan fingerprint density at radius 2 is 2.14 bits per heavy atom. The van der Waals surface area contributed by atoms with Gasteiger partial charge >= 0.3 is 0 Å². The van der Waals surface area contributed by atoms with Gasteiger partial charge in [-0.25, -0.2) is 0 Å². The molecule has 0 radical (unpaired) electrons. The van der Waals surface area contributed by atoms with Crippen LogP contribution in [-0.4, -0.2) is 11.2 Å². The summed E-state index contributed by atoms with van der Waals surface area (Å²) in [6, 6.07) is 9.11. The minimum Gasteiger partial charge on any atom is -0.455 e. The van der Waals surface area contributed by atoms with Crippen LogP contribution < -0.4 is 10.1 Å². The number of hydrogen-bond donors (Lipinski definition) is 1. The molecule has 3 rings (SSSR count). The Morgan fingerprint density at radius 3 is 2.82 bits per heavy atom. The standard InChI is InChI=1S/C15H11ClN2O4/c16-12-6-9(18(20)21)4-5-15(12)22-14-3-1-2-10-11(14)7-17-13(10)8-19/h1-6,8,13,17H,7H2. The van der Waals surface area contributed by atoms with Gasteiger partial charge in [0.05, 0.1) is 16.0 Å². The molecule has 0 aliphatic carbocycles. The number of nitrogens with one attached hydrogen (secondary N) is 1. The van der Waals surface area contributed by atoms with Crippen LogP contribution in [0.3, 0.4) is 0 Å². The molecule has 7 heteroatoms. The monoisotopic (exact) mass is 318 g/mol. The third-order valence-corrected chi connectivity index (χ3v) is 3.78. The molecular weight excluding hydrogens is 308 g/mol. The highest BCUT2D eigenvalue weighted by Crippen LogP contribution is 2.37. The summed E-state index contributed by atoms with van der Waals surface area (Å²) in [7, 11) is 0. The quantitative estimate of drug-likeness (QED) is 0.531. The van der Waals surface area contributed by atoms with Crippen LogP contribution in [0.1, 0.15) is 17.2 Å². The van der Waals surface area contributed by atoms with Gasteiger partial charge in [-0.2, -0.15) is 0 Å². The van der Waals surface area contributed by atoms with E-state index in [0.29, 0.717) is 18.0 Å². The molecule has 1 N–H and O–H groups in total. The summed E-state index contributed by atoms with van der Waals surface area (Å²) < 4.78 is 5.77. The van der Waals surface area contributed by atoms with Crippen molar-refractivity contribution in [2.75, 3.05) is 0 Å². The highest BCUT2D eigenvalue weighted by molar-refractivity contribution is 6.32. The minimum atomic E-state index is -0.519. The van der Waals surface area contributed by atoms with Crippen molar-refractivity contribution in [2.24, 2.45) is 0 Å². The molecule has 22 heavy (non-hydrogen) atoms. The number of hydrogen-bond acceptors (Lipinski definition) is 5. The van der Waals surface area contributed by atoms with E-state index in [1.807, 2.05) is 6.07 Å². The van der Waals surface area contributed by atoms with Crippen molar-refractivity contribution in [1.29, 1.82) is 0 Å². The van der Waals surface area contributed by atoms with Crippen molar-refractivity contribution in [3.63, 3.8) is 0 Å². The Bertz CT molecular complexity index is 763. The number of halogens is 1. The zero-order valence-electron chi connectivity index (χ0n) is 11.3. The summed E-state index contributed by atoms with van der Waals surface area (Å²) in [4.78, 5) is 21.2. The largest absolute Gasteiger partial charge is 0.455 e. The van der Waals surface area contributed by atoms with Crippen molar-refractivity contribution < 1.29 is 14.5 Å². The second-order valence-corrected chi connectivity index (χ2v) is 5.20. The number of fused-ring (bicyclic) bond motifs is 1. The third-order valence-electron chi connectivity index (χ3n) is 3.49. The van der Waals surface area contributed by atoms with Crippen LogP contribution in [0.5, 0.6) is 11.5 Å². The Hall–Kier alpha value is -2.44. The van der Waals surface area contributed by atoms with E-state index in [2.05, 4.69) is 5.32 Å². The smallest absolute Gasteiger partial charge is 0.271 e. The number of nitro groups is 1. The predicted octanol–water partition coefficient (Wildman–Crippen LogP) is 3.38. The van der Waals surface area contributed by atoms with E-state index in [0.717, 1.165) is 17.4 Å². The summed E-state index contributed by atoms with van der Waals surface area (Å²) in [6.07, 6.45) is 0.842. The number of rotatable bonds is 4. The summed E-state index contributed by atoms with van der Waals surface area (Å²) in [5, 5.41) is 13.9. The number of ether oxygens (including phenoxy) is 1. The number of non-ortho nitro benzene ring substituents is 1. The molecule has 2 aromatic rings. The molecule has 1 atom stereocenters. The van der Waals surface area contributed by atoms with Gasteiger partial charge in [0.1, 0.15) is 17.8 Å². The van der Waals surface area contributed by atoms with Crippen molar-refractivity contribution in [3.05, 3.63) is 62.7 Å². The molecule has 1 aliphatic rings. The van der Waals surface area contributed by atoms with Crippen LogP contribution in [-0.2, 0) is 11.3 Å². The number of nitro benzene ring substituents is 1. The molecule has 0 bridgehead atoms. The Kier molecular flexibility index (Phi) is 3.79. The lowest BCUT2D eigenvalue weighted by Crippen LogP contribution is -2.12. The molecule has 1 unspecified atom stereocenters. The van der Waals surface area contributed by atoms with Crippen molar-refractivity contribution in [3.8, 4) is 11.5 Å². The van der Waals surface area contributed by atoms with E-state index in [1.54, 1.807) is 12.1 Å². The lowest BCUT2D eigenvalue weighted by Gasteiger charge is -2.11. The molecule has 0 fully saturated rings. The van der Waals surface area contributed by atoms with Gasteiger partial charge in [0, 0.05) is 24.2 Å². The Labute approximate surface area is 130 Å². The van der Waals surface area contributed by atoms with Crippen LogP contribution in [0.25, 0.3) is 0 Å². The van der Waals surface area contributed by atoms with Gasteiger partial charge in [-0.3, -0.25) is 15.4 Å². The number of aldehydes is 1. The molecule has 1 heterocycles. The number of carbonyl (C=O) groups is 1. The van der Waals surface area contributed by atoms with E-state index in [-0.39, 0.29) is 16.8 Å². The zero-order valence-corrected chi connectivity index (χ0v) is 12.0. The first kappa shape index (κ1) is 14.5. The van der Waals surface area contributed by atoms with Crippen LogP contribution in [0.4, 0.5) is 5.69 Å². The molecule has 112 valence electrons. The molecule has 0 saturated heterocycles. The molecule has 1 aliphatic heterocycles. The highest BCUT2D eigenvalue weighted by Gasteiger charge is 2.24. The van der Waals surface area contributed by atoms with Crippen LogP contribution >= 0.6 is 11.6 Å². The van der Waals surface area contributed by atoms with Crippen molar-refractivity contribution in [2.45, 2.75) is 12.6 Å². The summed E-state index contributed by atoms with van der Waals surface area (Å²) in [5.41, 5.74) is 1.65. The first-order valence-electron chi connectivity index (χ1n) is 6.52. The maximum Gasteiger partial charge on any atom is 0.271 e. The second-order valence-electron chi connectivity index (χ2n) is 4.79. The van der Waals surface area contributed by atoms with Gasteiger partial charge in [0.25, 0.3) is 5.69 Å². The molecule has 0 spiro atoms. The number of nitrogens with zero attached hydrogens (tertiary/aromatic N) is 1. The summed E-state index contributed by atoms with van der Waals surface area (Å²) in [5.74, 6) is 0.903.